The second-order valence-corrected chi connectivity index (χ2v) is 6.23. The molecule has 0 radical (unpaired) electrons. The smallest absolute Gasteiger partial charge is 0.279 e. The van der Waals surface area contributed by atoms with Gasteiger partial charge in [-0.3, -0.25) is 30.6 Å². The Hall–Kier alpha value is -3.13. The van der Waals surface area contributed by atoms with E-state index >= 15 is 0 Å². The molecular weight excluding hydrogens is 374 g/mol. The van der Waals surface area contributed by atoms with Crippen LogP contribution in [-0.4, -0.2) is 22.8 Å². The molecule has 2 aromatic carbocycles. The molecule has 0 saturated heterocycles. The van der Waals surface area contributed by atoms with Crippen molar-refractivity contribution in [2.75, 3.05) is 0 Å². The molecule has 0 fully saturated rings. The third kappa shape index (κ3) is 4.95. The zero-order chi connectivity index (χ0) is 20.1. The van der Waals surface area contributed by atoms with Crippen LogP contribution in [0.5, 0.6) is 5.75 Å². The van der Waals surface area contributed by atoms with Gasteiger partial charge in [0.2, 0.25) is 0 Å². The summed E-state index contributed by atoms with van der Waals surface area (Å²) in [5.74, 6) is -0.812. The largest absolute Gasteiger partial charge is 0.481 e. The molecule has 142 valence electrons. The van der Waals surface area contributed by atoms with E-state index in [-0.39, 0.29) is 16.3 Å². The fourth-order valence-corrected chi connectivity index (χ4v) is 2.39. The van der Waals surface area contributed by atoms with Gasteiger partial charge in [0.15, 0.2) is 6.10 Å². The third-order valence-corrected chi connectivity index (χ3v) is 4.26. The van der Waals surface area contributed by atoms with Gasteiger partial charge in [0, 0.05) is 12.1 Å². The van der Waals surface area contributed by atoms with Crippen LogP contribution in [0.2, 0.25) is 5.02 Å². The van der Waals surface area contributed by atoms with E-state index < -0.39 is 22.8 Å². The molecule has 0 aromatic heterocycles. The monoisotopic (exact) mass is 391 g/mol. The van der Waals surface area contributed by atoms with Gasteiger partial charge in [0.05, 0.1) is 15.5 Å². The molecule has 0 bridgehead atoms. The van der Waals surface area contributed by atoms with Crippen LogP contribution >= 0.6 is 11.6 Å². The van der Waals surface area contributed by atoms with Crippen LogP contribution in [-0.2, 0) is 4.79 Å². The molecule has 0 spiro atoms. The second kappa shape index (κ2) is 8.50. The Balaban J connectivity index is 2.00. The summed E-state index contributed by atoms with van der Waals surface area (Å²) in [7, 11) is 0. The quantitative estimate of drug-likeness (QED) is 0.601. The van der Waals surface area contributed by atoms with E-state index in [1.807, 2.05) is 26.0 Å². The standard InChI is InChI=1S/C18H18ClN3O5/c1-10-5-4-6-16(11(10)2)27-12(3)17(23)20-21-18(24)14-9-13(22(25)26)7-8-15(14)19/h4-9,12H,1-3H3,(H,20,23)(H,21,24)/t12-/m1/s1. The summed E-state index contributed by atoms with van der Waals surface area (Å²) < 4.78 is 5.62. The number of hydrazine groups is 1. The molecule has 2 aromatic rings. The predicted molar refractivity (Wildman–Crippen MR) is 99.7 cm³/mol. The molecule has 0 aliphatic carbocycles. The van der Waals surface area contributed by atoms with Crippen molar-refractivity contribution in [3.8, 4) is 5.75 Å². The summed E-state index contributed by atoms with van der Waals surface area (Å²) in [6.07, 6.45) is -0.883. The third-order valence-electron chi connectivity index (χ3n) is 3.93. The lowest BCUT2D eigenvalue weighted by atomic mass is 10.1. The maximum atomic E-state index is 12.2. The molecular formula is C18H18ClN3O5. The van der Waals surface area contributed by atoms with Crippen molar-refractivity contribution in [2.45, 2.75) is 26.9 Å². The summed E-state index contributed by atoms with van der Waals surface area (Å²) in [4.78, 5) is 34.5. The van der Waals surface area contributed by atoms with Gasteiger partial charge in [-0.2, -0.15) is 0 Å². The lowest BCUT2D eigenvalue weighted by molar-refractivity contribution is -0.384. The minimum atomic E-state index is -0.883. The van der Waals surface area contributed by atoms with E-state index in [1.54, 1.807) is 6.07 Å². The van der Waals surface area contributed by atoms with Crippen LogP contribution in [0, 0.1) is 24.0 Å². The van der Waals surface area contributed by atoms with E-state index in [4.69, 9.17) is 16.3 Å². The summed E-state index contributed by atoms with van der Waals surface area (Å²) in [6.45, 7) is 5.33. The number of nitrogens with zero attached hydrogens (tertiary/aromatic N) is 1. The maximum Gasteiger partial charge on any atom is 0.279 e. The number of non-ortho nitro benzene ring substituents is 1. The number of nitro groups is 1. The highest BCUT2D eigenvalue weighted by molar-refractivity contribution is 6.34. The van der Waals surface area contributed by atoms with Gasteiger partial charge in [-0.1, -0.05) is 23.7 Å². The van der Waals surface area contributed by atoms with Gasteiger partial charge in [-0.15, -0.1) is 0 Å². The molecule has 2 N–H and O–H groups in total. The van der Waals surface area contributed by atoms with E-state index in [0.29, 0.717) is 5.75 Å². The Morgan fingerprint density at radius 3 is 2.56 bits per heavy atom. The Labute approximate surface area is 160 Å². The van der Waals surface area contributed by atoms with Crippen molar-refractivity contribution in [1.29, 1.82) is 0 Å². The van der Waals surface area contributed by atoms with E-state index in [2.05, 4.69) is 10.9 Å². The van der Waals surface area contributed by atoms with Crippen molar-refractivity contribution in [3.63, 3.8) is 0 Å². The van der Waals surface area contributed by atoms with Crippen LogP contribution in [0.4, 0.5) is 5.69 Å². The van der Waals surface area contributed by atoms with E-state index in [1.165, 1.54) is 19.1 Å². The van der Waals surface area contributed by atoms with Crippen LogP contribution in [0.15, 0.2) is 36.4 Å². The average Bonchev–Trinajstić information content (AvgIpc) is 2.63. The number of hydrogen-bond donors (Lipinski definition) is 2. The first-order chi connectivity index (χ1) is 12.7. The van der Waals surface area contributed by atoms with Crippen LogP contribution in [0.25, 0.3) is 0 Å². The highest BCUT2D eigenvalue weighted by Gasteiger charge is 2.19. The van der Waals surface area contributed by atoms with E-state index in [0.717, 1.165) is 17.2 Å². The Morgan fingerprint density at radius 2 is 1.89 bits per heavy atom. The van der Waals surface area contributed by atoms with Gasteiger partial charge >= 0.3 is 0 Å². The first-order valence-corrected chi connectivity index (χ1v) is 8.35. The lowest BCUT2D eigenvalue weighted by Gasteiger charge is -2.17. The molecule has 1 atom stereocenters. The SMILES string of the molecule is Cc1cccc(O[C@H](C)C(=O)NNC(=O)c2cc([N+](=O)[O-])ccc2Cl)c1C. The predicted octanol–water partition coefficient (Wildman–Crippen LogP) is 3.09. The number of carbonyl (C=O) groups is 2. The zero-order valence-corrected chi connectivity index (χ0v) is 15.7. The number of nitro benzene ring substituents is 1. The average molecular weight is 392 g/mol. The molecule has 9 heteroatoms. The Kier molecular flexibility index (Phi) is 6.36. The highest BCUT2D eigenvalue weighted by Crippen LogP contribution is 2.22. The van der Waals surface area contributed by atoms with Gasteiger partial charge < -0.3 is 4.74 Å². The molecule has 8 nitrogen and oxygen atoms in total. The van der Waals surface area contributed by atoms with Crippen molar-refractivity contribution in [2.24, 2.45) is 0 Å². The van der Waals surface area contributed by atoms with Crippen molar-refractivity contribution in [3.05, 3.63) is 68.2 Å². The molecule has 0 unspecified atom stereocenters. The first-order valence-electron chi connectivity index (χ1n) is 7.97. The van der Waals surface area contributed by atoms with Gasteiger partial charge in [-0.25, -0.2) is 0 Å². The van der Waals surface area contributed by atoms with Crippen molar-refractivity contribution >= 4 is 29.1 Å². The fourth-order valence-electron chi connectivity index (χ4n) is 2.18. The molecule has 0 heterocycles. The number of hydrogen-bond acceptors (Lipinski definition) is 5. The van der Waals surface area contributed by atoms with Gasteiger partial charge in [0.1, 0.15) is 5.75 Å². The highest BCUT2D eigenvalue weighted by atomic mass is 35.5. The van der Waals surface area contributed by atoms with Gasteiger partial charge in [0.25, 0.3) is 17.5 Å². The number of amides is 2. The number of rotatable bonds is 5. The normalized spacial score (nSPS) is 11.4. The number of carbonyl (C=O) groups excluding carboxylic acids is 2. The summed E-state index contributed by atoms with van der Waals surface area (Å²) >= 11 is 5.89. The number of aryl methyl sites for hydroxylation is 1. The minimum Gasteiger partial charge on any atom is -0.481 e. The Morgan fingerprint density at radius 1 is 1.19 bits per heavy atom. The molecule has 2 amide bonds. The number of nitrogens with one attached hydrogen (secondary N) is 2. The number of benzene rings is 2. The molecule has 0 aliphatic heterocycles. The summed E-state index contributed by atoms with van der Waals surface area (Å²) in [6, 6.07) is 8.93. The van der Waals surface area contributed by atoms with Crippen LogP contribution in [0.3, 0.4) is 0 Å². The zero-order valence-electron chi connectivity index (χ0n) is 14.9. The second-order valence-electron chi connectivity index (χ2n) is 5.82. The van der Waals surface area contributed by atoms with E-state index in [9.17, 15) is 19.7 Å². The topological polar surface area (TPSA) is 111 Å². The van der Waals surface area contributed by atoms with Crippen LogP contribution in [0.1, 0.15) is 28.4 Å². The minimum absolute atomic E-state index is 0.0204. The number of ether oxygens (including phenoxy) is 1. The van der Waals surface area contributed by atoms with Gasteiger partial charge in [-0.05, 0) is 44.0 Å². The van der Waals surface area contributed by atoms with Crippen molar-refractivity contribution < 1.29 is 19.2 Å². The lowest BCUT2D eigenvalue weighted by Crippen LogP contribution is -2.47. The molecule has 0 saturated carbocycles. The molecule has 2 rings (SSSR count). The molecule has 0 aliphatic rings. The first kappa shape index (κ1) is 20.2. The summed E-state index contributed by atoms with van der Waals surface area (Å²) in [5, 5.41) is 10.8. The Bertz CT molecular complexity index is 901. The number of halogens is 1. The van der Waals surface area contributed by atoms with Crippen LogP contribution < -0.4 is 15.6 Å². The summed E-state index contributed by atoms with van der Waals surface area (Å²) in [5.41, 5.74) is 5.90. The van der Waals surface area contributed by atoms with Crippen molar-refractivity contribution in [1.82, 2.24) is 10.9 Å². The molecule has 27 heavy (non-hydrogen) atoms. The maximum absolute atomic E-state index is 12.2. The fraction of sp³-hybridized carbons (Fsp3) is 0.222.